The SMILES string of the molecule is CC1(C)c2ccccc2-c2nc(-n3c4ccccc4c4cc(-c5ccc6c(c5)-c5ccccc5C6Cc5ccc(-c6ccccc6)cc5)c5ccccc5c43)nc3cccc1c23. The molecule has 0 saturated heterocycles. The highest BCUT2D eigenvalue weighted by Gasteiger charge is 2.35. The van der Waals surface area contributed by atoms with E-state index in [4.69, 9.17) is 9.97 Å². The van der Waals surface area contributed by atoms with E-state index in [1.54, 1.807) is 0 Å². The van der Waals surface area contributed by atoms with E-state index in [1.165, 1.54) is 88.3 Å². The molecule has 0 amide bonds. The van der Waals surface area contributed by atoms with Crippen molar-refractivity contribution in [1.82, 2.24) is 14.5 Å². The molecule has 9 aromatic carbocycles. The van der Waals surface area contributed by atoms with Gasteiger partial charge in [0.05, 0.1) is 22.2 Å². The van der Waals surface area contributed by atoms with E-state index in [0.29, 0.717) is 5.95 Å². The van der Waals surface area contributed by atoms with E-state index in [2.05, 4.69) is 213 Å². The Kier molecular flexibility index (Phi) is 7.48. The first kappa shape index (κ1) is 35.2. The summed E-state index contributed by atoms with van der Waals surface area (Å²) >= 11 is 0. The first-order valence-electron chi connectivity index (χ1n) is 21.8. The first-order chi connectivity index (χ1) is 30.5. The van der Waals surface area contributed by atoms with Crippen LogP contribution in [0.3, 0.4) is 0 Å². The van der Waals surface area contributed by atoms with Crippen LogP contribution in [0.25, 0.3) is 94.1 Å². The van der Waals surface area contributed by atoms with Gasteiger partial charge in [-0.25, -0.2) is 9.97 Å². The molecule has 0 aliphatic heterocycles. The zero-order valence-corrected chi connectivity index (χ0v) is 34.6. The van der Waals surface area contributed by atoms with Gasteiger partial charge in [0.15, 0.2) is 0 Å². The highest BCUT2D eigenvalue weighted by molar-refractivity contribution is 6.22. The van der Waals surface area contributed by atoms with Crippen molar-refractivity contribution in [2.75, 3.05) is 0 Å². The third kappa shape index (κ3) is 5.06. The summed E-state index contributed by atoms with van der Waals surface area (Å²) in [6.45, 7) is 4.64. The molecule has 2 heterocycles. The second-order valence-corrected chi connectivity index (χ2v) is 17.7. The van der Waals surface area contributed by atoms with Gasteiger partial charge < -0.3 is 0 Å². The third-order valence-electron chi connectivity index (χ3n) is 14.0. The van der Waals surface area contributed by atoms with Gasteiger partial charge in [-0.05, 0) is 97.3 Å². The van der Waals surface area contributed by atoms with Crippen LogP contribution in [0.15, 0.2) is 194 Å². The molecule has 1 atom stereocenters. The van der Waals surface area contributed by atoms with E-state index < -0.39 is 0 Å². The highest BCUT2D eigenvalue weighted by atomic mass is 15.2. The van der Waals surface area contributed by atoms with Crippen molar-refractivity contribution in [2.45, 2.75) is 31.6 Å². The number of hydrogen-bond acceptors (Lipinski definition) is 2. The minimum absolute atomic E-state index is 0.164. The molecule has 1 unspecified atom stereocenters. The number of hydrogen-bond donors (Lipinski definition) is 0. The predicted molar refractivity (Wildman–Crippen MR) is 257 cm³/mol. The van der Waals surface area contributed by atoms with Gasteiger partial charge in [-0.15, -0.1) is 0 Å². The summed E-state index contributed by atoms with van der Waals surface area (Å²) in [6.07, 6.45) is 0.954. The summed E-state index contributed by atoms with van der Waals surface area (Å²) in [4.78, 5) is 11.0. The molecule has 13 rings (SSSR count). The fraction of sp³-hybridized carbons (Fsp3) is 0.0847. The van der Waals surface area contributed by atoms with Crippen molar-refractivity contribution in [3.05, 3.63) is 222 Å². The molecule has 0 fully saturated rings. The van der Waals surface area contributed by atoms with Crippen LogP contribution < -0.4 is 0 Å². The molecule has 0 spiro atoms. The number of benzene rings is 9. The lowest BCUT2D eigenvalue weighted by molar-refractivity contribution is 0.643. The summed E-state index contributed by atoms with van der Waals surface area (Å²) in [6, 6.07) is 71.4. The number of fused-ring (bicyclic) bond motifs is 10. The fourth-order valence-corrected chi connectivity index (χ4v) is 11.0. The van der Waals surface area contributed by atoms with Gasteiger partial charge in [0, 0.05) is 38.4 Å². The van der Waals surface area contributed by atoms with Crippen LogP contribution in [0.2, 0.25) is 0 Å². The van der Waals surface area contributed by atoms with Crippen LogP contribution in [0.4, 0.5) is 0 Å². The topological polar surface area (TPSA) is 30.7 Å². The molecule has 3 heteroatoms. The van der Waals surface area contributed by atoms with Crippen molar-refractivity contribution in [2.24, 2.45) is 0 Å². The molecule has 62 heavy (non-hydrogen) atoms. The Morgan fingerprint density at radius 2 is 1.13 bits per heavy atom. The molecule has 0 bridgehead atoms. The largest absolute Gasteiger partial charge is 0.277 e. The number of aromatic nitrogens is 3. The summed E-state index contributed by atoms with van der Waals surface area (Å²) in [5.74, 6) is 0.981. The smallest absolute Gasteiger partial charge is 0.235 e. The van der Waals surface area contributed by atoms with Gasteiger partial charge in [0.2, 0.25) is 5.95 Å². The molecule has 2 aliphatic carbocycles. The molecule has 2 aliphatic rings. The second kappa shape index (κ2) is 13.2. The van der Waals surface area contributed by atoms with Gasteiger partial charge in [-0.2, -0.15) is 0 Å². The molecule has 0 N–H and O–H groups in total. The Bertz CT molecular complexity index is 3630. The van der Waals surface area contributed by atoms with E-state index in [0.717, 1.165) is 34.1 Å². The Morgan fingerprint density at radius 1 is 0.468 bits per heavy atom. The highest BCUT2D eigenvalue weighted by Crippen LogP contribution is 2.50. The monoisotopic (exact) mass is 791 g/mol. The third-order valence-corrected chi connectivity index (χ3v) is 14.0. The van der Waals surface area contributed by atoms with E-state index in [-0.39, 0.29) is 11.3 Å². The lowest BCUT2D eigenvalue weighted by Crippen LogP contribution is -2.24. The van der Waals surface area contributed by atoms with Gasteiger partial charge in [-0.3, -0.25) is 4.57 Å². The van der Waals surface area contributed by atoms with E-state index >= 15 is 0 Å². The zero-order chi connectivity index (χ0) is 41.1. The van der Waals surface area contributed by atoms with Gasteiger partial charge in [0.1, 0.15) is 0 Å². The van der Waals surface area contributed by atoms with Crippen molar-refractivity contribution >= 4 is 43.5 Å². The quantitative estimate of drug-likeness (QED) is 0.174. The second-order valence-electron chi connectivity index (χ2n) is 17.7. The van der Waals surface area contributed by atoms with Crippen LogP contribution in [-0.2, 0) is 11.8 Å². The average molecular weight is 792 g/mol. The summed E-state index contributed by atoms with van der Waals surface area (Å²) in [5, 5.41) is 5.92. The first-order valence-corrected chi connectivity index (χ1v) is 21.8. The van der Waals surface area contributed by atoms with Crippen molar-refractivity contribution < 1.29 is 0 Å². The lowest BCUT2D eigenvalue weighted by Gasteiger charge is -2.34. The molecule has 292 valence electrons. The standard InChI is InChI=1S/C59H41N3/c1-59(2)51-23-12-10-22-46(51)56-55-52(59)24-14-25-53(55)60-58(61-56)62-54-26-13-11-20-44(54)50-35-47(42-19-8-9-21-45(42)57(50)62)39-31-32-43-48(40-17-6-7-18-41(40)49(43)34-39)33-36-27-29-38(30-28-36)37-15-4-3-5-16-37/h3-32,34-35,48H,33H2,1-2H3. The molecule has 2 aromatic heterocycles. The van der Waals surface area contributed by atoms with Gasteiger partial charge >= 0.3 is 0 Å². The van der Waals surface area contributed by atoms with Gasteiger partial charge in [0.25, 0.3) is 0 Å². The maximum absolute atomic E-state index is 5.54. The van der Waals surface area contributed by atoms with Crippen LogP contribution in [0.1, 0.15) is 47.6 Å². The Morgan fingerprint density at radius 3 is 1.98 bits per heavy atom. The maximum Gasteiger partial charge on any atom is 0.235 e. The lowest BCUT2D eigenvalue weighted by atomic mass is 9.70. The maximum atomic E-state index is 5.54. The number of nitrogens with zero attached hydrogens (tertiary/aromatic N) is 3. The summed E-state index contributed by atoms with van der Waals surface area (Å²) in [7, 11) is 0. The Labute approximate surface area is 360 Å². The van der Waals surface area contributed by atoms with Gasteiger partial charge in [-0.1, -0.05) is 184 Å². The van der Waals surface area contributed by atoms with Crippen LogP contribution in [0, 0.1) is 0 Å². The van der Waals surface area contributed by atoms with E-state index in [1.807, 2.05) is 0 Å². The normalized spacial score (nSPS) is 14.6. The molecule has 0 radical (unpaired) electrons. The zero-order valence-electron chi connectivity index (χ0n) is 34.6. The fourth-order valence-electron chi connectivity index (χ4n) is 11.0. The number of rotatable bonds is 5. The molecule has 3 nitrogen and oxygen atoms in total. The molecule has 11 aromatic rings. The van der Waals surface area contributed by atoms with Crippen molar-refractivity contribution in [3.63, 3.8) is 0 Å². The van der Waals surface area contributed by atoms with Crippen molar-refractivity contribution in [1.29, 1.82) is 0 Å². The molecular formula is C59H41N3. The minimum Gasteiger partial charge on any atom is -0.277 e. The number of para-hydroxylation sites is 1. The molecule has 0 saturated carbocycles. The minimum atomic E-state index is -0.164. The van der Waals surface area contributed by atoms with Crippen LogP contribution in [0.5, 0.6) is 0 Å². The summed E-state index contributed by atoms with van der Waals surface area (Å²) < 4.78 is 2.32. The predicted octanol–water partition coefficient (Wildman–Crippen LogP) is 14.9. The van der Waals surface area contributed by atoms with Crippen LogP contribution in [-0.4, -0.2) is 14.5 Å². The average Bonchev–Trinajstić information content (AvgIpc) is 3.83. The Balaban J connectivity index is 0.980. The van der Waals surface area contributed by atoms with Crippen LogP contribution >= 0.6 is 0 Å². The Hall–Kier alpha value is -7.62. The van der Waals surface area contributed by atoms with Crippen molar-refractivity contribution in [3.8, 4) is 50.6 Å². The summed E-state index contributed by atoms with van der Waals surface area (Å²) in [5.41, 5.74) is 19.5. The van der Waals surface area contributed by atoms with E-state index in [9.17, 15) is 0 Å². The molecular weight excluding hydrogens is 751 g/mol.